The predicted molar refractivity (Wildman–Crippen MR) is 69.6 cm³/mol. The number of hydrogen-bond donors (Lipinski definition) is 1. The zero-order chi connectivity index (χ0) is 13.5. The van der Waals surface area contributed by atoms with Crippen LogP contribution in [0.2, 0.25) is 5.32 Å². The van der Waals surface area contributed by atoms with Gasteiger partial charge in [-0.05, 0) is 0 Å². The molecule has 0 heterocycles. The number of aromatic carboxylic acids is 1. The monoisotopic (exact) mass is 316 g/mol. The van der Waals surface area contributed by atoms with Gasteiger partial charge in [-0.2, -0.15) is 0 Å². The first kappa shape index (κ1) is 14.7. The number of benzene rings is 1. The third-order valence-electron chi connectivity index (χ3n) is 2.35. The van der Waals surface area contributed by atoms with E-state index in [9.17, 15) is 9.59 Å². The number of ether oxygens (including phenoxy) is 1. The number of hydrogen-bond acceptors (Lipinski definition) is 3. The summed E-state index contributed by atoms with van der Waals surface area (Å²) in [6, 6.07) is 5.24. The summed E-state index contributed by atoms with van der Waals surface area (Å²) in [5.41, 5.74) is 1.30. The van der Waals surface area contributed by atoms with E-state index in [2.05, 4.69) is 0 Å². The Labute approximate surface area is 112 Å². The summed E-state index contributed by atoms with van der Waals surface area (Å²) in [7, 11) is 0. The van der Waals surface area contributed by atoms with E-state index in [0.717, 1.165) is 16.4 Å². The van der Waals surface area contributed by atoms with Gasteiger partial charge in [0.2, 0.25) is 0 Å². The van der Waals surface area contributed by atoms with Crippen molar-refractivity contribution in [1.29, 1.82) is 0 Å². The van der Waals surface area contributed by atoms with Crippen LogP contribution in [0, 0.1) is 0 Å². The van der Waals surface area contributed by atoms with E-state index in [-0.39, 0.29) is 26.2 Å². The topological polar surface area (TPSA) is 63.6 Å². The van der Waals surface area contributed by atoms with Crippen molar-refractivity contribution in [3.8, 4) is 0 Å². The van der Waals surface area contributed by atoms with Gasteiger partial charge in [0.1, 0.15) is 0 Å². The summed E-state index contributed by atoms with van der Waals surface area (Å²) in [6.07, 6.45) is 0.765. The SMILES string of the molecule is CCOC(=O)C[Se]c1c(CC)cccc1C(=O)O. The first-order chi connectivity index (χ1) is 8.60. The van der Waals surface area contributed by atoms with E-state index < -0.39 is 5.97 Å². The van der Waals surface area contributed by atoms with Crippen LogP contribution in [0.4, 0.5) is 0 Å². The molecule has 0 spiro atoms. The van der Waals surface area contributed by atoms with E-state index in [1.807, 2.05) is 13.0 Å². The standard InChI is InChI=1S/C13H16O4Se/c1-3-9-6-5-7-10(13(15)16)12(9)18-8-11(14)17-4-2/h5-7H,3-4,8H2,1-2H3,(H,15,16). The fourth-order valence-electron chi connectivity index (χ4n) is 1.54. The van der Waals surface area contributed by atoms with Crippen LogP contribution in [0.1, 0.15) is 29.8 Å². The number of aryl methyl sites for hydroxylation is 1. The molecule has 1 aromatic carbocycles. The summed E-state index contributed by atoms with van der Waals surface area (Å²) >= 11 is -0.202. The molecule has 0 aliphatic heterocycles. The molecule has 4 nitrogen and oxygen atoms in total. The van der Waals surface area contributed by atoms with Crippen molar-refractivity contribution in [3.63, 3.8) is 0 Å². The molecule has 0 atom stereocenters. The number of carbonyl (C=O) groups excluding carboxylic acids is 1. The molecule has 0 saturated heterocycles. The van der Waals surface area contributed by atoms with Gasteiger partial charge in [0.25, 0.3) is 0 Å². The quantitative estimate of drug-likeness (QED) is 0.634. The Morgan fingerprint density at radius 1 is 1.33 bits per heavy atom. The second kappa shape index (κ2) is 7.19. The number of rotatable bonds is 6. The Balaban J connectivity index is 2.91. The van der Waals surface area contributed by atoms with Crippen molar-refractivity contribution in [3.05, 3.63) is 29.3 Å². The van der Waals surface area contributed by atoms with E-state index in [4.69, 9.17) is 9.84 Å². The fraction of sp³-hybridized carbons (Fsp3) is 0.385. The second-order valence-corrected chi connectivity index (χ2v) is 5.61. The molecule has 0 unspecified atom stereocenters. The zero-order valence-electron chi connectivity index (χ0n) is 10.4. The minimum atomic E-state index is -0.939. The third kappa shape index (κ3) is 3.86. The fourth-order valence-corrected chi connectivity index (χ4v) is 3.75. The van der Waals surface area contributed by atoms with Gasteiger partial charge >= 0.3 is 112 Å². The van der Waals surface area contributed by atoms with Crippen LogP contribution in [0.5, 0.6) is 0 Å². The molecule has 0 amide bonds. The molecule has 1 N–H and O–H groups in total. The van der Waals surface area contributed by atoms with Crippen LogP contribution in [-0.4, -0.2) is 38.6 Å². The van der Waals surface area contributed by atoms with Gasteiger partial charge in [-0.15, -0.1) is 0 Å². The van der Waals surface area contributed by atoms with Crippen LogP contribution < -0.4 is 4.46 Å². The van der Waals surface area contributed by atoms with Crippen molar-refractivity contribution in [2.24, 2.45) is 0 Å². The molecular formula is C13H16O4Se. The number of carbonyl (C=O) groups is 2. The predicted octanol–water partition coefficient (Wildman–Crippen LogP) is 1.26. The van der Waals surface area contributed by atoms with E-state index in [1.165, 1.54) is 0 Å². The first-order valence-electron chi connectivity index (χ1n) is 5.73. The van der Waals surface area contributed by atoms with E-state index >= 15 is 0 Å². The molecule has 0 aliphatic rings. The number of carboxylic acid groups (broad SMARTS) is 1. The van der Waals surface area contributed by atoms with E-state index in [1.54, 1.807) is 19.1 Å². The summed E-state index contributed by atoms with van der Waals surface area (Å²) in [4.78, 5) is 22.5. The normalized spacial score (nSPS) is 10.1. The maximum absolute atomic E-state index is 11.3. The number of carboxylic acids is 1. The Kier molecular flexibility index (Phi) is 5.89. The first-order valence-corrected chi connectivity index (χ1v) is 7.80. The van der Waals surface area contributed by atoms with Gasteiger partial charge in [-0.3, -0.25) is 0 Å². The van der Waals surface area contributed by atoms with Gasteiger partial charge in [0.15, 0.2) is 0 Å². The summed E-state index contributed by atoms with van der Waals surface area (Å²) in [5.74, 6) is -1.20. The molecule has 0 aromatic heterocycles. The van der Waals surface area contributed by atoms with Crippen molar-refractivity contribution in [2.75, 3.05) is 6.61 Å². The molecular weight excluding hydrogens is 299 g/mol. The van der Waals surface area contributed by atoms with Crippen molar-refractivity contribution in [2.45, 2.75) is 25.6 Å². The molecule has 18 heavy (non-hydrogen) atoms. The molecule has 98 valence electrons. The molecule has 1 aromatic rings. The van der Waals surface area contributed by atoms with Crippen molar-refractivity contribution >= 4 is 31.4 Å². The van der Waals surface area contributed by atoms with E-state index in [0.29, 0.717) is 12.2 Å². The van der Waals surface area contributed by atoms with Crippen molar-refractivity contribution in [1.82, 2.24) is 0 Å². The average Bonchev–Trinajstić information content (AvgIpc) is 2.36. The number of esters is 1. The zero-order valence-corrected chi connectivity index (χ0v) is 12.1. The van der Waals surface area contributed by atoms with Gasteiger partial charge < -0.3 is 0 Å². The Morgan fingerprint density at radius 3 is 2.61 bits per heavy atom. The van der Waals surface area contributed by atoms with Crippen LogP contribution in [0.15, 0.2) is 18.2 Å². The van der Waals surface area contributed by atoms with Gasteiger partial charge in [0.05, 0.1) is 0 Å². The average molecular weight is 315 g/mol. The molecule has 0 aliphatic carbocycles. The van der Waals surface area contributed by atoms with Gasteiger partial charge in [-0.1, -0.05) is 0 Å². The van der Waals surface area contributed by atoms with Crippen molar-refractivity contribution < 1.29 is 19.4 Å². The molecule has 1 rings (SSSR count). The summed E-state index contributed by atoms with van der Waals surface area (Å²) in [5, 5.41) is 9.42. The molecule has 0 bridgehead atoms. The minimum absolute atomic E-state index is 0.202. The molecule has 0 fully saturated rings. The second-order valence-electron chi connectivity index (χ2n) is 3.55. The Morgan fingerprint density at radius 2 is 2.06 bits per heavy atom. The van der Waals surface area contributed by atoms with Crippen LogP contribution >= 0.6 is 0 Å². The van der Waals surface area contributed by atoms with Crippen LogP contribution in [0.25, 0.3) is 0 Å². The van der Waals surface area contributed by atoms with Gasteiger partial charge in [-0.25, -0.2) is 0 Å². The van der Waals surface area contributed by atoms with Gasteiger partial charge in [0, 0.05) is 0 Å². The Bertz CT molecular complexity index is 443. The molecule has 5 heteroatoms. The maximum atomic E-state index is 11.3. The van der Waals surface area contributed by atoms with Crippen LogP contribution in [0.3, 0.4) is 0 Å². The Hall–Kier alpha value is -1.32. The molecule has 0 radical (unpaired) electrons. The molecule has 0 saturated carbocycles. The third-order valence-corrected chi connectivity index (χ3v) is 4.76. The summed E-state index contributed by atoms with van der Waals surface area (Å²) in [6.45, 7) is 4.09. The van der Waals surface area contributed by atoms with Crippen LogP contribution in [-0.2, 0) is 16.0 Å². The summed E-state index contributed by atoms with van der Waals surface area (Å²) < 4.78 is 5.67.